The molecular formula is C18H16F3NO3. The molecule has 0 aliphatic carbocycles. The zero-order valence-corrected chi connectivity index (χ0v) is 13.3. The highest BCUT2D eigenvalue weighted by Gasteiger charge is 2.30. The number of rotatable bonds is 5. The Bertz CT molecular complexity index is 770. The number of hydrogen-bond acceptors (Lipinski definition) is 2. The van der Waals surface area contributed by atoms with E-state index in [4.69, 9.17) is 5.11 Å². The first-order valence-corrected chi connectivity index (χ1v) is 7.47. The van der Waals surface area contributed by atoms with Gasteiger partial charge < -0.3 is 10.4 Å². The van der Waals surface area contributed by atoms with Gasteiger partial charge in [-0.25, -0.2) is 4.79 Å². The van der Waals surface area contributed by atoms with Gasteiger partial charge >= 0.3 is 12.1 Å². The van der Waals surface area contributed by atoms with E-state index in [2.05, 4.69) is 5.32 Å². The minimum Gasteiger partial charge on any atom is -0.478 e. The largest absolute Gasteiger partial charge is 0.478 e. The quantitative estimate of drug-likeness (QED) is 0.848. The number of aromatic carboxylic acids is 1. The van der Waals surface area contributed by atoms with Crippen LogP contribution in [-0.4, -0.2) is 17.0 Å². The van der Waals surface area contributed by atoms with Gasteiger partial charge in [0.15, 0.2) is 0 Å². The molecule has 0 aliphatic rings. The topological polar surface area (TPSA) is 66.4 Å². The third-order valence-corrected chi connectivity index (χ3v) is 3.65. The van der Waals surface area contributed by atoms with E-state index >= 15 is 0 Å². The summed E-state index contributed by atoms with van der Waals surface area (Å²) >= 11 is 0. The molecule has 0 spiro atoms. The van der Waals surface area contributed by atoms with Crippen LogP contribution in [0.3, 0.4) is 0 Å². The number of amides is 1. The van der Waals surface area contributed by atoms with Gasteiger partial charge in [0.25, 0.3) is 0 Å². The molecule has 2 rings (SSSR count). The summed E-state index contributed by atoms with van der Waals surface area (Å²) in [6.07, 6.45) is -4.13. The van der Waals surface area contributed by atoms with Gasteiger partial charge in [0.05, 0.1) is 11.1 Å². The van der Waals surface area contributed by atoms with E-state index in [1.54, 1.807) is 13.0 Å². The Morgan fingerprint density at radius 2 is 1.76 bits per heavy atom. The second-order valence-corrected chi connectivity index (χ2v) is 5.68. The highest BCUT2D eigenvalue weighted by atomic mass is 19.4. The lowest BCUT2D eigenvalue weighted by Crippen LogP contribution is -2.22. The third kappa shape index (κ3) is 5.07. The average Bonchev–Trinajstić information content (AvgIpc) is 2.54. The zero-order valence-electron chi connectivity index (χ0n) is 13.3. The molecule has 132 valence electrons. The molecule has 0 bridgehead atoms. The molecule has 0 aromatic heterocycles. The molecule has 1 amide bonds. The Balaban J connectivity index is 2.00. The molecule has 4 nitrogen and oxygen atoms in total. The number of carbonyl (C=O) groups excluding carboxylic acids is 1. The van der Waals surface area contributed by atoms with Crippen molar-refractivity contribution >= 4 is 17.6 Å². The molecule has 0 aliphatic heterocycles. The van der Waals surface area contributed by atoms with Crippen molar-refractivity contribution in [1.82, 2.24) is 0 Å². The van der Waals surface area contributed by atoms with E-state index in [1.807, 2.05) is 0 Å². The molecule has 0 radical (unpaired) electrons. The average molecular weight is 351 g/mol. The monoisotopic (exact) mass is 351 g/mol. The van der Waals surface area contributed by atoms with Crippen LogP contribution in [0.2, 0.25) is 0 Å². The van der Waals surface area contributed by atoms with Gasteiger partial charge in [0.2, 0.25) is 5.91 Å². The maximum atomic E-state index is 12.5. The Kier molecular flexibility index (Phi) is 5.46. The molecule has 0 heterocycles. The number of carboxylic acids is 1. The van der Waals surface area contributed by atoms with Crippen molar-refractivity contribution in [3.8, 4) is 0 Å². The summed E-state index contributed by atoms with van der Waals surface area (Å²) in [5, 5.41) is 11.5. The van der Waals surface area contributed by atoms with E-state index in [9.17, 15) is 22.8 Å². The van der Waals surface area contributed by atoms with Crippen LogP contribution in [-0.2, 0) is 17.4 Å². The zero-order chi connectivity index (χ0) is 18.6. The summed E-state index contributed by atoms with van der Waals surface area (Å²) in [5.74, 6) is -1.94. The predicted molar refractivity (Wildman–Crippen MR) is 86.3 cm³/mol. The summed E-state index contributed by atoms with van der Waals surface area (Å²) in [5.41, 5.74) is 0.270. The molecule has 2 N–H and O–H groups in total. The maximum Gasteiger partial charge on any atom is 0.416 e. The highest BCUT2D eigenvalue weighted by Crippen LogP contribution is 2.29. The molecule has 1 unspecified atom stereocenters. The standard InChI is InChI=1S/C18H16F3NO3/c1-11(9-12-5-7-14(8-6-12)18(19,20)21)16(23)22-15-4-2-3-13(10-15)17(24)25/h2-8,10-11H,9H2,1H3,(H,22,23)(H,24,25). The Labute approximate surface area is 142 Å². The van der Waals surface area contributed by atoms with Gasteiger partial charge in [-0.05, 0) is 42.3 Å². The second-order valence-electron chi connectivity index (χ2n) is 5.68. The minimum absolute atomic E-state index is 0.0493. The van der Waals surface area contributed by atoms with Crippen molar-refractivity contribution in [2.75, 3.05) is 5.32 Å². The van der Waals surface area contributed by atoms with Crippen LogP contribution < -0.4 is 5.32 Å². The lowest BCUT2D eigenvalue weighted by Gasteiger charge is -2.13. The summed E-state index contributed by atoms with van der Waals surface area (Å²) in [6, 6.07) is 10.5. The molecule has 0 fully saturated rings. The molecule has 25 heavy (non-hydrogen) atoms. The Morgan fingerprint density at radius 3 is 2.32 bits per heavy atom. The highest BCUT2D eigenvalue weighted by molar-refractivity contribution is 5.94. The number of halogens is 3. The van der Waals surface area contributed by atoms with Crippen molar-refractivity contribution in [3.63, 3.8) is 0 Å². The molecular weight excluding hydrogens is 335 g/mol. The number of hydrogen-bond donors (Lipinski definition) is 2. The van der Waals surface area contributed by atoms with E-state index in [0.717, 1.165) is 12.1 Å². The molecule has 0 saturated heterocycles. The van der Waals surface area contributed by atoms with Crippen molar-refractivity contribution < 1.29 is 27.9 Å². The maximum absolute atomic E-state index is 12.5. The van der Waals surface area contributed by atoms with Crippen molar-refractivity contribution in [2.45, 2.75) is 19.5 Å². The molecule has 0 saturated carbocycles. The number of carbonyl (C=O) groups is 2. The lowest BCUT2D eigenvalue weighted by molar-refractivity contribution is -0.137. The lowest BCUT2D eigenvalue weighted by atomic mass is 9.99. The Morgan fingerprint density at radius 1 is 1.12 bits per heavy atom. The third-order valence-electron chi connectivity index (χ3n) is 3.65. The van der Waals surface area contributed by atoms with Gasteiger partial charge in [-0.2, -0.15) is 13.2 Å². The Hall–Kier alpha value is -2.83. The first kappa shape index (κ1) is 18.5. The van der Waals surface area contributed by atoms with Crippen LogP contribution in [0.25, 0.3) is 0 Å². The summed E-state index contributed by atoms with van der Waals surface area (Å²) in [6.45, 7) is 1.65. The van der Waals surface area contributed by atoms with Crippen molar-refractivity contribution in [3.05, 3.63) is 65.2 Å². The van der Waals surface area contributed by atoms with Crippen LogP contribution in [0.1, 0.15) is 28.4 Å². The number of carboxylic acid groups (broad SMARTS) is 1. The SMILES string of the molecule is CC(Cc1ccc(C(F)(F)F)cc1)C(=O)Nc1cccc(C(=O)O)c1. The number of benzene rings is 2. The summed E-state index contributed by atoms with van der Waals surface area (Å²) in [7, 11) is 0. The second kappa shape index (κ2) is 7.38. The van der Waals surface area contributed by atoms with Crippen LogP contribution in [0.5, 0.6) is 0 Å². The molecule has 2 aromatic carbocycles. The van der Waals surface area contributed by atoms with Crippen LogP contribution >= 0.6 is 0 Å². The smallest absolute Gasteiger partial charge is 0.416 e. The summed E-state index contributed by atoms with van der Waals surface area (Å²) < 4.78 is 37.6. The van der Waals surface area contributed by atoms with Gasteiger partial charge in [0.1, 0.15) is 0 Å². The van der Waals surface area contributed by atoms with Gasteiger partial charge in [-0.15, -0.1) is 0 Å². The fraction of sp³-hybridized carbons (Fsp3) is 0.222. The van der Waals surface area contributed by atoms with E-state index in [0.29, 0.717) is 11.3 Å². The van der Waals surface area contributed by atoms with E-state index in [-0.39, 0.29) is 17.9 Å². The van der Waals surface area contributed by atoms with E-state index < -0.39 is 23.6 Å². The fourth-order valence-electron chi connectivity index (χ4n) is 2.27. The molecule has 1 atom stereocenters. The van der Waals surface area contributed by atoms with Gasteiger partial charge in [-0.1, -0.05) is 25.1 Å². The number of nitrogens with one attached hydrogen (secondary N) is 1. The first-order valence-electron chi connectivity index (χ1n) is 7.47. The molecule has 7 heteroatoms. The first-order chi connectivity index (χ1) is 11.7. The fourth-order valence-corrected chi connectivity index (χ4v) is 2.27. The normalized spacial score (nSPS) is 12.5. The van der Waals surface area contributed by atoms with Crippen LogP contribution in [0, 0.1) is 5.92 Å². The van der Waals surface area contributed by atoms with Crippen molar-refractivity contribution in [1.29, 1.82) is 0 Å². The predicted octanol–water partition coefficient (Wildman–Crippen LogP) is 4.22. The van der Waals surface area contributed by atoms with Gasteiger partial charge in [-0.3, -0.25) is 4.79 Å². The van der Waals surface area contributed by atoms with Crippen LogP contribution in [0.15, 0.2) is 48.5 Å². The number of anilines is 1. The van der Waals surface area contributed by atoms with Gasteiger partial charge in [0, 0.05) is 11.6 Å². The van der Waals surface area contributed by atoms with Crippen molar-refractivity contribution in [2.24, 2.45) is 5.92 Å². The molecule has 2 aromatic rings. The van der Waals surface area contributed by atoms with E-state index in [1.165, 1.54) is 30.3 Å². The summed E-state index contributed by atoms with van der Waals surface area (Å²) in [4.78, 5) is 23.1. The minimum atomic E-state index is -4.39. The number of alkyl halides is 3. The van der Waals surface area contributed by atoms with Crippen LogP contribution in [0.4, 0.5) is 18.9 Å².